The Kier molecular flexibility index (Phi) is 6.31. The zero-order valence-electron chi connectivity index (χ0n) is 14.8. The quantitative estimate of drug-likeness (QED) is 0.865. The fourth-order valence-electron chi connectivity index (χ4n) is 3.03. The molecule has 0 atom stereocenters. The van der Waals surface area contributed by atoms with Crippen LogP contribution < -0.4 is 5.32 Å². The van der Waals surface area contributed by atoms with Gasteiger partial charge in [-0.25, -0.2) is 0 Å². The van der Waals surface area contributed by atoms with Crippen LogP contribution in [0.4, 0.5) is 5.69 Å². The molecule has 1 aliphatic heterocycles. The third-order valence-electron chi connectivity index (χ3n) is 4.57. The summed E-state index contributed by atoms with van der Waals surface area (Å²) in [5.74, 6) is 0.00826. The van der Waals surface area contributed by atoms with Crippen LogP contribution in [0, 0.1) is 11.3 Å². The second-order valence-electron chi connectivity index (χ2n) is 6.46. The predicted octanol–water partition coefficient (Wildman–Crippen LogP) is 2.10. The molecule has 6 nitrogen and oxygen atoms in total. The van der Waals surface area contributed by atoms with Crippen molar-refractivity contribution in [3.8, 4) is 6.07 Å². The average Bonchev–Trinajstić information content (AvgIpc) is 2.69. The number of hydrogen-bond acceptors (Lipinski definition) is 5. The van der Waals surface area contributed by atoms with Gasteiger partial charge in [0.05, 0.1) is 11.6 Å². The minimum atomic E-state index is 0.00826. The molecule has 2 aromatic rings. The van der Waals surface area contributed by atoms with Gasteiger partial charge in [0.15, 0.2) is 0 Å². The Morgan fingerprint density at radius 3 is 2.35 bits per heavy atom. The maximum Gasteiger partial charge on any atom is 0.225 e. The third kappa shape index (κ3) is 5.38. The van der Waals surface area contributed by atoms with E-state index in [0.29, 0.717) is 12.0 Å². The molecule has 1 aromatic heterocycles. The standard InChI is InChI=1S/C20H23N5O/c21-15-17-1-3-19(4-2-17)23-20(26)7-10-24-11-13-25(14-12-24)16-18-5-8-22-9-6-18/h1-6,8-9H,7,10-14,16H2,(H,23,26). The average molecular weight is 349 g/mol. The Labute approximate surface area is 154 Å². The van der Waals surface area contributed by atoms with Gasteiger partial charge in [0.1, 0.15) is 0 Å². The van der Waals surface area contributed by atoms with Crippen LogP contribution in [0.3, 0.4) is 0 Å². The number of pyridine rings is 1. The summed E-state index contributed by atoms with van der Waals surface area (Å²) in [5.41, 5.74) is 2.61. The van der Waals surface area contributed by atoms with Gasteiger partial charge in [0.2, 0.25) is 5.91 Å². The SMILES string of the molecule is N#Cc1ccc(NC(=O)CCN2CCN(Cc3ccncc3)CC2)cc1. The van der Waals surface area contributed by atoms with Gasteiger partial charge in [0, 0.05) is 63.8 Å². The first kappa shape index (κ1) is 18.1. The van der Waals surface area contributed by atoms with E-state index >= 15 is 0 Å². The van der Waals surface area contributed by atoms with Gasteiger partial charge in [-0.1, -0.05) is 0 Å². The van der Waals surface area contributed by atoms with Crippen LogP contribution in [-0.4, -0.2) is 53.4 Å². The number of aromatic nitrogens is 1. The summed E-state index contributed by atoms with van der Waals surface area (Å²) in [5, 5.41) is 11.7. The summed E-state index contributed by atoms with van der Waals surface area (Å²) in [6.45, 7) is 5.71. The molecule has 1 N–H and O–H groups in total. The van der Waals surface area contributed by atoms with Crippen molar-refractivity contribution in [1.82, 2.24) is 14.8 Å². The van der Waals surface area contributed by atoms with Crippen molar-refractivity contribution in [2.24, 2.45) is 0 Å². The molecule has 1 aliphatic rings. The van der Waals surface area contributed by atoms with E-state index in [1.807, 2.05) is 12.4 Å². The number of amides is 1. The number of hydrogen-bond donors (Lipinski definition) is 1. The van der Waals surface area contributed by atoms with E-state index < -0.39 is 0 Å². The molecule has 2 heterocycles. The largest absolute Gasteiger partial charge is 0.326 e. The number of rotatable bonds is 6. The molecule has 1 amide bonds. The number of carbonyl (C=O) groups excluding carboxylic acids is 1. The van der Waals surface area contributed by atoms with Gasteiger partial charge in [-0.2, -0.15) is 5.26 Å². The summed E-state index contributed by atoms with van der Waals surface area (Å²) in [6.07, 6.45) is 4.14. The van der Waals surface area contributed by atoms with Crippen LogP contribution in [0.1, 0.15) is 17.5 Å². The number of nitrogens with zero attached hydrogens (tertiary/aromatic N) is 4. The lowest BCUT2D eigenvalue weighted by atomic mass is 10.2. The van der Waals surface area contributed by atoms with Crippen LogP contribution in [0.15, 0.2) is 48.8 Å². The van der Waals surface area contributed by atoms with Gasteiger partial charge in [-0.15, -0.1) is 0 Å². The highest BCUT2D eigenvalue weighted by molar-refractivity contribution is 5.90. The first-order chi connectivity index (χ1) is 12.7. The Morgan fingerprint density at radius 1 is 1.04 bits per heavy atom. The molecule has 26 heavy (non-hydrogen) atoms. The molecule has 1 fully saturated rings. The summed E-state index contributed by atoms with van der Waals surface area (Å²) in [6, 6.07) is 13.1. The van der Waals surface area contributed by atoms with Crippen molar-refractivity contribution in [3.05, 3.63) is 59.9 Å². The summed E-state index contributed by atoms with van der Waals surface area (Å²) in [4.78, 5) is 20.9. The highest BCUT2D eigenvalue weighted by Crippen LogP contribution is 2.11. The van der Waals surface area contributed by atoms with Gasteiger partial charge in [-0.05, 0) is 42.0 Å². The smallest absolute Gasteiger partial charge is 0.225 e. The van der Waals surface area contributed by atoms with E-state index in [9.17, 15) is 4.79 Å². The Hall–Kier alpha value is -2.75. The summed E-state index contributed by atoms with van der Waals surface area (Å²) < 4.78 is 0. The van der Waals surface area contributed by atoms with E-state index in [1.54, 1.807) is 24.3 Å². The third-order valence-corrected chi connectivity index (χ3v) is 4.57. The van der Waals surface area contributed by atoms with Crippen LogP contribution in [0.5, 0.6) is 0 Å². The molecule has 6 heteroatoms. The molecule has 0 radical (unpaired) electrons. The Morgan fingerprint density at radius 2 is 1.69 bits per heavy atom. The zero-order chi connectivity index (χ0) is 18.2. The molecule has 0 saturated carbocycles. The summed E-state index contributed by atoms with van der Waals surface area (Å²) >= 11 is 0. The number of nitriles is 1. The molecular weight excluding hydrogens is 326 g/mol. The maximum absolute atomic E-state index is 12.1. The topological polar surface area (TPSA) is 72.3 Å². The van der Waals surface area contributed by atoms with Crippen LogP contribution in [0.25, 0.3) is 0 Å². The number of anilines is 1. The van der Waals surface area contributed by atoms with E-state index in [2.05, 4.69) is 38.3 Å². The van der Waals surface area contributed by atoms with Crippen molar-refractivity contribution in [2.75, 3.05) is 38.0 Å². The van der Waals surface area contributed by atoms with Crippen molar-refractivity contribution in [2.45, 2.75) is 13.0 Å². The van der Waals surface area contributed by atoms with Gasteiger partial charge in [-0.3, -0.25) is 14.7 Å². The molecule has 1 saturated heterocycles. The number of piperazine rings is 1. The highest BCUT2D eigenvalue weighted by Gasteiger charge is 2.17. The molecule has 0 spiro atoms. The number of nitrogens with one attached hydrogen (secondary N) is 1. The fourth-order valence-corrected chi connectivity index (χ4v) is 3.03. The molecule has 134 valence electrons. The Balaban J connectivity index is 1.36. The van der Waals surface area contributed by atoms with E-state index in [-0.39, 0.29) is 5.91 Å². The van der Waals surface area contributed by atoms with Crippen molar-refractivity contribution < 1.29 is 4.79 Å². The number of benzene rings is 1. The minimum Gasteiger partial charge on any atom is -0.326 e. The van der Waals surface area contributed by atoms with Crippen LogP contribution in [-0.2, 0) is 11.3 Å². The molecule has 0 bridgehead atoms. The predicted molar refractivity (Wildman–Crippen MR) is 100 cm³/mol. The maximum atomic E-state index is 12.1. The lowest BCUT2D eigenvalue weighted by Gasteiger charge is -2.34. The first-order valence-electron chi connectivity index (χ1n) is 8.86. The normalized spacial score (nSPS) is 15.3. The molecular formula is C20H23N5O. The van der Waals surface area contributed by atoms with Crippen LogP contribution in [0.2, 0.25) is 0 Å². The second kappa shape index (κ2) is 9.09. The lowest BCUT2D eigenvalue weighted by molar-refractivity contribution is -0.116. The fraction of sp³-hybridized carbons (Fsp3) is 0.350. The zero-order valence-corrected chi connectivity index (χ0v) is 14.8. The highest BCUT2D eigenvalue weighted by atomic mass is 16.1. The van der Waals surface area contributed by atoms with Crippen molar-refractivity contribution in [3.63, 3.8) is 0 Å². The first-order valence-corrected chi connectivity index (χ1v) is 8.86. The molecule has 3 rings (SSSR count). The molecule has 0 unspecified atom stereocenters. The second-order valence-corrected chi connectivity index (χ2v) is 6.46. The minimum absolute atomic E-state index is 0.00826. The van der Waals surface area contributed by atoms with Crippen molar-refractivity contribution in [1.29, 1.82) is 5.26 Å². The van der Waals surface area contributed by atoms with E-state index in [1.165, 1.54) is 5.56 Å². The monoisotopic (exact) mass is 349 g/mol. The number of carbonyl (C=O) groups is 1. The summed E-state index contributed by atoms with van der Waals surface area (Å²) in [7, 11) is 0. The molecule has 0 aliphatic carbocycles. The molecule has 1 aromatic carbocycles. The van der Waals surface area contributed by atoms with E-state index in [0.717, 1.165) is 45.0 Å². The van der Waals surface area contributed by atoms with Crippen LogP contribution >= 0.6 is 0 Å². The van der Waals surface area contributed by atoms with Gasteiger partial charge >= 0.3 is 0 Å². The van der Waals surface area contributed by atoms with E-state index in [4.69, 9.17) is 5.26 Å². The Bertz CT molecular complexity index is 746. The lowest BCUT2D eigenvalue weighted by Crippen LogP contribution is -2.46. The van der Waals surface area contributed by atoms with Crippen molar-refractivity contribution >= 4 is 11.6 Å². The van der Waals surface area contributed by atoms with Gasteiger partial charge in [0.25, 0.3) is 0 Å². The van der Waals surface area contributed by atoms with Gasteiger partial charge < -0.3 is 10.2 Å².